The predicted octanol–water partition coefficient (Wildman–Crippen LogP) is 19.2. The molecule has 0 saturated carbocycles. The van der Waals surface area contributed by atoms with Crippen LogP contribution in [0.1, 0.15) is 49.9 Å². The van der Waals surface area contributed by atoms with Crippen LogP contribution in [-0.2, 0) is 10.8 Å². The van der Waals surface area contributed by atoms with Gasteiger partial charge in [-0.05, 0) is 163 Å². The number of nitrogens with zero attached hydrogens (tertiary/aromatic N) is 3. The van der Waals surface area contributed by atoms with E-state index in [1.807, 2.05) is 0 Å². The molecule has 0 radical (unpaired) electrons. The molecule has 73 heavy (non-hydrogen) atoms. The largest absolute Gasteiger partial charge is 0.310 e. The van der Waals surface area contributed by atoms with Crippen molar-refractivity contribution in [1.82, 2.24) is 4.57 Å². The second-order valence-corrected chi connectivity index (χ2v) is 20.9. The molecule has 0 aliphatic heterocycles. The molecule has 1 heterocycles. The average molecular weight is 936 g/mol. The van der Waals surface area contributed by atoms with E-state index in [1.165, 1.54) is 88.3 Å². The Morgan fingerprint density at radius 2 is 0.781 bits per heavy atom. The molecule has 11 aromatic carbocycles. The van der Waals surface area contributed by atoms with Crippen LogP contribution in [0.15, 0.2) is 249 Å². The van der Waals surface area contributed by atoms with E-state index < -0.39 is 0 Å². The van der Waals surface area contributed by atoms with Crippen LogP contribution < -0.4 is 9.80 Å². The molecule has 0 bridgehead atoms. The van der Waals surface area contributed by atoms with E-state index in [0.717, 1.165) is 39.7 Å². The Hall–Kier alpha value is -8.92. The van der Waals surface area contributed by atoms with Crippen LogP contribution >= 0.6 is 0 Å². The third kappa shape index (κ3) is 6.58. The summed E-state index contributed by atoms with van der Waals surface area (Å²) >= 11 is 0. The van der Waals surface area contributed by atoms with Crippen molar-refractivity contribution in [3.05, 3.63) is 271 Å². The maximum Gasteiger partial charge on any atom is 0.0542 e. The standard InChI is InChI=1S/C70H53N3/c1-69(2)63-33-19-16-29-55(63)57-38-36-51(44-65(57)69)73-66-35-21-18-31-58(66)61-43-50(37-39-67(61)73)72(49-26-12-7-13-27-49)53-41-46(40-52(42-53)71(47-22-8-5-9-23-47)48-24-10-6-11-25-48)60-45-62-56-30-17-20-34-64(56)70(3,4)68(62)59-32-15-14-28-54(59)60/h5-45H,1-4H3. The third-order valence-electron chi connectivity index (χ3n) is 16.1. The van der Waals surface area contributed by atoms with Crippen molar-refractivity contribution in [3.63, 3.8) is 0 Å². The molecule has 1 aromatic heterocycles. The van der Waals surface area contributed by atoms with Gasteiger partial charge in [-0.25, -0.2) is 0 Å². The maximum absolute atomic E-state index is 2.48. The number of hydrogen-bond donors (Lipinski definition) is 0. The van der Waals surface area contributed by atoms with Gasteiger partial charge in [0, 0.05) is 61.4 Å². The summed E-state index contributed by atoms with van der Waals surface area (Å²) < 4.78 is 2.47. The Labute approximate surface area is 427 Å². The van der Waals surface area contributed by atoms with Gasteiger partial charge in [-0.3, -0.25) is 0 Å². The van der Waals surface area contributed by atoms with Crippen LogP contribution in [0, 0.1) is 0 Å². The van der Waals surface area contributed by atoms with Crippen molar-refractivity contribution >= 4 is 66.7 Å². The maximum atomic E-state index is 2.48. The van der Waals surface area contributed by atoms with E-state index >= 15 is 0 Å². The van der Waals surface area contributed by atoms with E-state index in [4.69, 9.17) is 0 Å². The van der Waals surface area contributed by atoms with Gasteiger partial charge in [0.2, 0.25) is 0 Å². The van der Waals surface area contributed by atoms with Crippen molar-refractivity contribution in [3.8, 4) is 39.1 Å². The normalized spacial score (nSPS) is 13.7. The molecule has 0 amide bonds. The van der Waals surface area contributed by atoms with Gasteiger partial charge in [-0.1, -0.05) is 179 Å². The molecular weight excluding hydrogens is 883 g/mol. The number of rotatable bonds is 8. The van der Waals surface area contributed by atoms with Gasteiger partial charge in [0.1, 0.15) is 0 Å². The van der Waals surface area contributed by atoms with Crippen LogP contribution in [0.2, 0.25) is 0 Å². The highest BCUT2D eigenvalue weighted by Crippen LogP contribution is 2.55. The van der Waals surface area contributed by atoms with E-state index in [-0.39, 0.29) is 10.8 Å². The number of hydrogen-bond acceptors (Lipinski definition) is 2. The van der Waals surface area contributed by atoms with E-state index in [9.17, 15) is 0 Å². The molecule has 0 N–H and O–H groups in total. The Morgan fingerprint density at radius 1 is 0.288 bits per heavy atom. The number of fused-ring (bicyclic) bond motifs is 11. The topological polar surface area (TPSA) is 11.4 Å². The van der Waals surface area contributed by atoms with Crippen LogP contribution in [0.5, 0.6) is 0 Å². The molecule has 0 saturated heterocycles. The van der Waals surface area contributed by atoms with Crippen molar-refractivity contribution in [2.24, 2.45) is 0 Å². The monoisotopic (exact) mass is 935 g/mol. The second-order valence-electron chi connectivity index (χ2n) is 20.9. The minimum absolute atomic E-state index is 0.110. The highest BCUT2D eigenvalue weighted by atomic mass is 15.2. The van der Waals surface area contributed by atoms with Gasteiger partial charge in [0.15, 0.2) is 0 Å². The Kier molecular flexibility index (Phi) is 9.59. The third-order valence-corrected chi connectivity index (χ3v) is 16.1. The Balaban J connectivity index is 1.01. The summed E-state index contributed by atoms with van der Waals surface area (Å²) in [5.41, 5.74) is 22.9. The van der Waals surface area contributed by atoms with Gasteiger partial charge in [0.05, 0.1) is 11.0 Å². The van der Waals surface area contributed by atoms with E-state index in [0.29, 0.717) is 0 Å². The molecule has 12 aromatic rings. The second kappa shape index (κ2) is 16.3. The quantitative estimate of drug-likeness (QED) is 0.150. The number of para-hydroxylation sites is 4. The van der Waals surface area contributed by atoms with Crippen LogP contribution in [0.25, 0.3) is 71.6 Å². The molecule has 2 aliphatic carbocycles. The van der Waals surface area contributed by atoms with Gasteiger partial charge in [-0.2, -0.15) is 0 Å². The number of anilines is 6. The molecule has 3 nitrogen and oxygen atoms in total. The SMILES string of the molecule is CC1(C)c2ccccc2-c2ccc(-n3c4ccccc4c4cc(N(c5ccccc5)c5cc(-c6cc7c(c8ccccc68)C(C)(C)c6ccccc6-7)cc(N(c6ccccc6)c6ccccc6)c5)ccc43)cc21. The molecule has 14 rings (SSSR count). The highest BCUT2D eigenvalue weighted by Gasteiger charge is 2.38. The lowest BCUT2D eigenvalue weighted by Crippen LogP contribution is -2.15. The van der Waals surface area contributed by atoms with Gasteiger partial charge in [0.25, 0.3) is 0 Å². The van der Waals surface area contributed by atoms with Gasteiger partial charge >= 0.3 is 0 Å². The van der Waals surface area contributed by atoms with Gasteiger partial charge < -0.3 is 14.4 Å². The first kappa shape index (κ1) is 42.9. The van der Waals surface area contributed by atoms with Crippen molar-refractivity contribution in [2.45, 2.75) is 38.5 Å². The molecule has 3 heteroatoms. The van der Waals surface area contributed by atoms with Crippen LogP contribution in [-0.4, -0.2) is 4.57 Å². The first-order valence-corrected chi connectivity index (χ1v) is 25.6. The average Bonchev–Trinajstić information content (AvgIpc) is 3.98. The summed E-state index contributed by atoms with van der Waals surface area (Å²) in [7, 11) is 0. The fourth-order valence-corrected chi connectivity index (χ4v) is 12.7. The highest BCUT2D eigenvalue weighted by molar-refractivity contribution is 6.11. The molecule has 0 atom stereocenters. The zero-order valence-electron chi connectivity index (χ0n) is 41.5. The summed E-state index contributed by atoms with van der Waals surface area (Å²) in [5, 5.41) is 4.96. The smallest absolute Gasteiger partial charge is 0.0542 e. The zero-order chi connectivity index (χ0) is 49.0. The first-order chi connectivity index (χ1) is 35.7. The van der Waals surface area contributed by atoms with E-state index in [1.54, 1.807) is 0 Å². The molecule has 0 fully saturated rings. The summed E-state index contributed by atoms with van der Waals surface area (Å²) in [4.78, 5) is 4.85. The van der Waals surface area contributed by atoms with Crippen molar-refractivity contribution in [1.29, 1.82) is 0 Å². The fraction of sp³-hybridized carbons (Fsp3) is 0.0857. The number of aromatic nitrogens is 1. The van der Waals surface area contributed by atoms with E-state index in [2.05, 4.69) is 291 Å². The lowest BCUT2D eigenvalue weighted by Gasteiger charge is -2.30. The Morgan fingerprint density at radius 3 is 1.42 bits per heavy atom. The molecule has 0 unspecified atom stereocenters. The molecule has 0 spiro atoms. The summed E-state index contributed by atoms with van der Waals surface area (Å²) in [6.07, 6.45) is 0. The molecule has 2 aliphatic rings. The first-order valence-electron chi connectivity index (χ1n) is 25.6. The number of benzene rings is 11. The fourth-order valence-electron chi connectivity index (χ4n) is 12.7. The van der Waals surface area contributed by atoms with Crippen molar-refractivity contribution < 1.29 is 0 Å². The van der Waals surface area contributed by atoms with Gasteiger partial charge in [-0.15, -0.1) is 0 Å². The minimum atomic E-state index is -0.149. The summed E-state index contributed by atoms with van der Waals surface area (Å²) in [6.45, 7) is 9.50. The summed E-state index contributed by atoms with van der Waals surface area (Å²) in [5.74, 6) is 0. The lowest BCUT2D eigenvalue weighted by atomic mass is 9.79. The van der Waals surface area contributed by atoms with Crippen molar-refractivity contribution in [2.75, 3.05) is 9.80 Å². The summed E-state index contributed by atoms with van der Waals surface area (Å²) in [6, 6.07) is 92.2. The lowest BCUT2D eigenvalue weighted by molar-refractivity contribution is 0.660. The Bertz CT molecular complexity index is 4110. The molecule has 348 valence electrons. The zero-order valence-corrected chi connectivity index (χ0v) is 41.5. The minimum Gasteiger partial charge on any atom is -0.310 e. The molecular formula is C70H53N3. The predicted molar refractivity (Wildman–Crippen MR) is 308 cm³/mol. The van der Waals surface area contributed by atoms with Crippen LogP contribution in [0.4, 0.5) is 34.1 Å². The van der Waals surface area contributed by atoms with Crippen LogP contribution in [0.3, 0.4) is 0 Å².